The number of rotatable bonds is 3. The van der Waals surface area contributed by atoms with Crippen molar-refractivity contribution in [2.45, 2.75) is 33.7 Å². The molecule has 0 radical (unpaired) electrons. The van der Waals surface area contributed by atoms with Crippen molar-refractivity contribution in [3.63, 3.8) is 0 Å². The van der Waals surface area contributed by atoms with Crippen LogP contribution in [-0.4, -0.2) is 23.4 Å². The van der Waals surface area contributed by atoms with Gasteiger partial charge in [-0.05, 0) is 33.8 Å². The van der Waals surface area contributed by atoms with E-state index in [0.717, 1.165) is 6.54 Å². The molecule has 0 saturated carbocycles. The lowest BCUT2D eigenvalue weighted by Gasteiger charge is -2.01. The fraction of sp³-hybridized carbons (Fsp3) is 0.667. The van der Waals surface area contributed by atoms with Gasteiger partial charge < -0.3 is 0 Å². The molecule has 0 fully saturated rings. The van der Waals surface area contributed by atoms with E-state index >= 15 is 0 Å². The molecule has 0 heterocycles. The van der Waals surface area contributed by atoms with Gasteiger partial charge in [0.05, 0.1) is 0 Å². The molecule has 0 atom stereocenters. The minimum absolute atomic E-state index is 0.612. The normalized spacial score (nSPS) is 13.5. The van der Waals surface area contributed by atoms with E-state index in [1.54, 1.807) is 0 Å². The molecule has 0 unspecified atom stereocenters. The molecule has 0 aliphatic carbocycles. The fourth-order valence-electron chi connectivity index (χ4n) is 0.839. The summed E-state index contributed by atoms with van der Waals surface area (Å²) in [7, 11) is 0. The van der Waals surface area contributed by atoms with Crippen molar-refractivity contribution in [1.82, 2.24) is 0 Å². The smallest absolute Gasteiger partial charge is 0.163 e. The van der Waals surface area contributed by atoms with Gasteiger partial charge in [0.2, 0.25) is 0 Å². The average molecular weight is 140 g/mol. The zero-order chi connectivity index (χ0) is 7.98. The Morgan fingerprint density at radius 3 is 2.30 bits per heavy atom. The first-order valence-corrected chi connectivity index (χ1v) is 3.94. The number of allylic oxidation sites excluding steroid dienone is 2. The third kappa shape index (κ3) is 3.44. The van der Waals surface area contributed by atoms with Crippen molar-refractivity contribution in [1.29, 1.82) is 0 Å². The molecule has 0 amide bonds. The summed E-state index contributed by atoms with van der Waals surface area (Å²) in [5.41, 5.74) is 0. The molecule has 0 saturated heterocycles. The van der Waals surface area contributed by atoms with Gasteiger partial charge in [0.1, 0.15) is 12.6 Å². The molecule has 0 N–H and O–H groups in total. The Hall–Kier alpha value is -0.590. The first-order chi connectivity index (χ1) is 4.72. The van der Waals surface area contributed by atoms with Crippen LogP contribution in [0, 0.1) is 0 Å². The van der Waals surface area contributed by atoms with E-state index < -0.39 is 0 Å². The van der Waals surface area contributed by atoms with Gasteiger partial charge in [-0.3, -0.25) is 0 Å². The highest BCUT2D eigenvalue weighted by molar-refractivity contribution is 5.65. The van der Waals surface area contributed by atoms with Crippen molar-refractivity contribution < 1.29 is 4.58 Å². The van der Waals surface area contributed by atoms with Crippen LogP contribution in [0.15, 0.2) is 12.2 Å². The highest BCUT2D eigenvalue weighted by Crippen LogP contribution is 1.86. The molecule has 0 aliphatic rings. The van der Waals surface area contributed by atoms with Crippen molar-refractivity contribution in [3.8, 4) is 0 Å². The first-order valence-electron chi connectivity index (χ1n) is 3.94. The highest BCUT2D eigenvalue weighted by Gasteiger charge is 2.02. The van der Waals surface area contributed by atoms with Gasteiger partial charge in [-0.2, -0.15) is 0 Å². The SMILES string of the molecule is C/C=C/C=[N+](\CC)C(C)C. The van der Waals surface area contributed by atoms with Gasteiger partial charge in [-0.1, -0.05) is 6.08 Å². The van der Waals surface area contributed by atoms with Gasteiger partial charge in [-0.25, -0.2) is 4.58 Å². The van der Waals surface area contributed by atoms with Crippen LogP contribution in [0.4, 0.5) is 0 Å². The summed E-state index contributed by atoms with van der Waals surface area (Å²) in [6, 6.07) is 0.612. The summed E-state index contributed by atoms with van der Waals surface area (Å²) >= 11 is 0. The second-order valence-corrected chi connectivity index (χ2v) is 2.60. The zero-order valence-electron chi connectivity index (χ0n) is 7.46. The molecule has 0 aliphatic heterocycles. The Balaban J connectivity index is 4.04. The van der Waals surface area contributed by atoms with Crippen molar-refractivity contribution in [2.75, 3.05) is 6.54 Å². The van der Waals surface area contributed by atoms with Gasteiger partial charge in [-0.15, -0.1) is 0 Å². The minimum Gasteiger partial charge on any atom is -0.234 e. The molecular formula is C9H18N+. The highest BCUT2D eigenvalue weighted by atomic mass is 15.0. The third-order valence-corrected chi connectivity index (χ3v) is 1.50. The predicted octanol–water partition coefficient (Wildman–Crippen LogP) is 2.07. The van der Waals surface area contributed by atoms with Crippen LogP contribution in [0.5, 0.6) is 0 Å². The quantitative estimate of drug-likeness (QED) is 0.417. The van der Waals surface area contributed by atoms with Crippen LogP contribution in [0.3, 0.4) is 0 Å². The Bertz CT molecular complexity index is 132. The number of hydrogen-bond donors (Lipinski definition) is 0. The van der Waals surface area contributed by atoms with E-state index in [4.69, 9.17) is 0 Å². The summed E-state index contributed by atoms with van der Waals surface area (Å²) in [5, 5.41) is 0. The zero-order valence-corrected chi connectivity index (χ0v) is 7.46. The van der Waals surface area contributed by atoms with E-state index in [1.807, 2.05) is 13.0 Å². The van der Waals surface area contributed by atoms with Crippen LogP contribution in [-0.2, 0) is 0 Å². The Morgan fingerprint density at radius 1 is 1.40 bits per heavy atom. The molecule has 0 aromatic rings. The van der Waals surface area contributed by atoms with Gasteiger partial charge >= 0.3 is 0 Å². The maximum Gasteiger partial charge on any atom is 0.163 e. The molecule has 10 heavy (non-hydrogen) atoms. The van der Waals surface area contributed by atoms with Crippen molar-refractivity contribution >= 4 is 6.21 Å². The topological polar surface area (TPSA) is 3.01 Å². The molecule has 0 aromatic carbocycles. The minimum atomic E-state index is 0.612. The Kier molecular flexibility index (Phi) is 4.91. The standard InChI is InChI=1S/C9H18N/c1-5-7-8-10(6-2)9(3)4/h5,7-9H,6H2,1-4H3/q+1/b7-5+,10-8+. The average Bonchev–Trinajstić information content (AvgIpc) is 1.89. The fourth-order valence-corrected chi connectivity index (χ4v) is 0.839. The number of hydrogen-bond acceptors (Lipinski definition) is 0. The molecule has 1 heteroatoms. The van der Waals surface area contributed by atoms with E-state index in [-0.39, 0.29) is 0 Å². The maximum absolute atomic E-state index is 2.29. The lowest BCUT2D eigenvalue weighted by molar-refractivity contribution is -0.550. The second-order valence-electron chi connectivity index (χ2n) is 2.60. The van der Waals surface area contributed by atoms with Crippen molar-refractivity contribution in [2.24, 2.45) is 0 Å². The Morgan fingerprint density at radius 2 is 2.00 bits per heavy atom. The molecule has 1 nitrogen and oxygen atoms in total. The summed E-state index contributed by atoms with van der Waals surface area (Å²) in [4.78, 5) is 0. The first kappa shape index (κ1) is 9.41. The van der Waals surface area contributed by atoms with Crippen LogP contribution < -0.4 is 0 Å². The summed E-state index contributed by atoms with van der Waals surface area (Å²) in [5.74, 6) is 0. The molecule has 0 spiro atoms. The maximum atomic E-state index is 2.29. The summed E-state index contributed by atoms with van der Waals surface area (Å²) < 4.78 is 2.29. The lowest BCUT2D eigenvalue weighted by Crippen LogP contribution is -2.20. The van der Waals surface area contributed by atoms with E-state index in [2.05, 4.69) is 37.6 Å². The molecule has 0 bridgehead atoms. The lowest BCUT2D eigenvalue weighted by atomic mass is 10.3. The van der Waals surface area contributed by atoms with E-state index in [0.29, 0.717) is 6.04 Å². The second kappa shape index (κ2) is 5.21. The summed E-state index contributed by atoms with van der Waals surface area (Å²) in [6.07, 6.45) is 6.25. The van der Waals surface area contributed by atoms with Gasteiger partial charge in [0.15, 0.2) is 6.21 Å². The molecule has 0 rings (SSSR count). The largest absolute Gasteiger partial charge is 0.234 e. The third-order valence-electron chi connectivity index (χ3n) is 1.50. The van der Waals surface area contributed by atoms with Crippen LogP contribution in [0.2, 0.25) is 0 Å². The van der Waals surface area contributed by atoms with E-state index in [1.165, 1.54) is 0 Å². The van der Waals surface area contributed by atoms with Gasteiger partial charge in [0, 0.05) is 0 Å². The van der Waals surface area contributed by atoms with E-state index in [9.17, 15) is 0 Å². The van der Waals surface area contributed by atoms with Crippen LogP contribution in [0.25, 0.3) is 0 Å². The number of nitrogens with zero attached hydrogens (tertiary/aromatic N) is 1. The molecule has 0 aromatic heterocycles. The molecular weight excluding hydrogens is 122 g/mol. The van der Waals surface area contributed by atoms with Gasteiger partial charge in [0.25, 0.3) is 0 Å². The van der Waals surface area contributed by atoms with Crippen molar-refractivity contribution in [3.05, 3.63) is 12.2 Å². The predicted molar refractivity (Wildman–Crippen MR) is 46.8 cm³/mol. The Labute approximate surface area is 64.1 Å². The van der Waals surface area contributed by atoms with Crippen LogP contribution >= 0.6 is 0 Å². The van der Waals surface area contributed by atoms with Crippen LogP contribution in [0.1, 0.15) is 27.7 Å². The summed E-state index contributed by atoms with van der Waals surface area (Å²) in [6.45, 7) is 9.68. The monoisotopic (exact) mass is 140 g/mol. The molecule has 58 valence electrons.